The van der Waals surface area contributed by atoms with Crippen molar-refractivity contribution in [3.8, 4) is 11.5 Å². The molecular weight excluding hydrogens is 357 g/mol. The lowest BCUT2D eigenvalue weighted by atomic mass is 10.3. The molecule has 6 heteroatoms. The van der Waals surface area contributed by atoms with Crippen molar-refractivity contribution in [1.82, 2.24) is 5.32 Å². The number of benzene rings is 1. The minimum absolute atomic E-state index is 0. The van der Waals surface area contributed by atoms with Gasteiger partial charge in [0.15, 0.2) is 5.96 Å². The first-order valence-corrected chi connectivity index (χ1v) is 6.00. The maximum atomic E-state index is 5.71. The van der Waals surface area contributed by atoms with Gasteiger partial charge in [0, 0.05) is 12.6 Å². The van der Waals surface area contributed by atoms with E-state index >= 15 is 0 Å². The normalized spacial score (nSPS) is 12.3. The molecule has 0 aliphatic rings. The standard InChI is InChI=1S/C13H21N3O2.HI/c1-4-15-13(14)16-9-10(2)18-12-7-5-6-11(8-12)17-3;/h5-8,10H,4,9H2,1-3H3,(H3,14,15,16);1H. The van der Waals surface area contributed by atoms with Gasteiger partial charge in [-0.05, 0) is 26.0 Å². The minimum Gasteiger partial charge on any atom is -0.497 e. The second-order valence-corrected chi connectivity index (χ2v) is 3.86. The van der Waals surface area contributed by atoms with Crippen LogP contribution in [0.15, 0.2) is 29.3 Å². The van der Waals surface area contributed by atoms with E-state index in [2.05, 4.69) is 10.3 Å². The van der Waals surface area contributed by atoms with Gasteiger partial charge in [-0.2, -0.15) is 0 Å². The smallest absolute Gasteiger partial charge is 0.188 e. The molecule has 0 bridgehead atoms. The Morgan fingerprint density at radius 1 is 1.42 bits per heavy atom. The molecule has 1 atom stereocenters. The molecule has 0 amide bonds. The maximum absolute atomic E-state index is 5.71. The van der Waals surface area contributed by atoms with Crippen molar-refractivity contribution in [2.24, 2.45) is 10.7 Å². The molecular formula is C13H22IN3O2. The zero-order chi connectivity index (χ0) is 13.4. The lowest BCUT2D eigenvalue weighted by molar-refractivity contribution is 0.229. The van der Waals surface area contributed by atoms with E-state index in [-0.39, 0.29) is 30.1 Å². The van der Waals surface area contributed by atoms with Crippen LogP contribution in [0.3, 0.4) is 0 Å². The number of rotatable bonds is 6. The van der Waals surface area contributed by atoms with Crippen LogP contribution >= 0.6 is 24.0 Å². The first-order chi connectivity index (χ1) is 8.65. The molecule has 0 radical (unpaired) electrons. The number of nitrogens with zero attached hydrogens (tertiary/aromatic N) is 1. The third kappa shape index (κ3) is 7.09. The molecule has 1 unspecified atom stereocenters. The molecule has 0 heterocycles. The van der Waals surface area contributed by atoms with Gasteiger partial charge in [0.2, 0.25) is 0 Å². The molecule has 0 aromatic heterocycles. The SMILES string of the molecule is CCNC(N)=NCC(C)Oc1cccc(OC)c1.I. The second-order valence-electron chi connectivity index (χ2n) is 3.86. The first kappa shape index (κ1) is 17.8. The Morgan fingerprint density at radius 2 is 2.11 bits per heavy atom. The Bertz CT molecular complexity index is 399. The van der Waals surface area contributed by atoms with E-state index < -0.39 is 0 Å². The van der Waals surface area contributed by atoms with E-state index in [0.29, 0.717) is 12.5 Å². The summed E-state index contributed by atoms with van der Waals surface area (Å²) in [6.07, 6.45) is -0.0469. The average Bonchev–Trinajstić information content (AvgIpc) is 2.37. The van der Waals surface area contributed by atoms with Crippen LogP contribution in [0.4, 0.5) is 0 Å². The molecule has 0 aliphatic heterocycles. The van der Waals surface area contributed by atoms with Crippen LogP contribution < -0.4 is 20.5 Å². The molecule has 108 valence electrons. The molecule has 0 aliphatic carbocycles. The monoisotopic (exact) mass is 379 g/mol. The van der Waals surface area contributed by atoms with Crippen molar-refractivity contribution in [3.63, 3.8) is 0 Å². The van der Waals surface area contributed by atoms with E-state index in [4.69, 9.17) is 15.2 Å². The number of nitrogens with two attached hydrogens (primary N) is 1. The van der Waals surface area contributed by atoms with Gasteiger partial charge in [0.25, 0.3) is 0 Å². The fourth-order valence-electron chi connectivity index (χ4n) is 1.41. The Kier molecular flexibility index (Phi) is 9.11. The summed E-state index contributed by atoms with van der Waals surface area (Å²) in [7, 11) is 1.63. The lowest BCUT2D eigenvalue weighted by Crippen LogP contribution is -2.32. The fraction of sp³-hybridized carbons (Fsp3) is 0.462. The molecule has 3 N–H and O–H groups in total. The third-order valence-corrected chi connectivity index (χ3v) is 2.26. The van der Waals surface area contributed by atoms with Crippen LogP contribution in [0.5, 0.6) is 11.5 Å². The van der Waals surface area contributed by atoms with Gasteiger partial charge < -0.3 is 20.5 Å². The third-order valence-electron chi connectivity index (χ3n) is 2.26. The Hall–Kier alpha value is -1.18. The molecule has 1 aromatic carbocycles. The van der Waals surface area contributed by atoms with Crippen LogP contribution in [0.25, 0.3) is 0 Å². The largest absolute Gasteiger partial charge is 0.497 e. The molecule has 0 spiro atoms. The van der Waals surface area contributed by atoms with Gasteiger partial charge in [0.1, 0.15) is 17.6 Å². The quantitative estimate of drug-likeness (QED) is 0.451. The topological polar surface area (TPSA) is 68.9 Å². The van der Waals surface area contributed by atoms with Gasteiger partial charge in [-0.15, -0.1) is 24.0 Å². The van der Waals surface area contributed by atoms with Gasteiger partial charge in [-0.3, -0.25) is 0 Å². The van der Waals surface area contributed by atoms with Crippen LogP contribution in [0.2, 0.25) is 0 Å². The number of ether oxygens (including phenoxy) is 2. The van der Waals surface area contributed by atoms with Gasteiger partial charge >= 0.3 is 0 Å². The number of halogens is 1. The van der Waals surface area contributed by atoms with Crippen LogP contribution in [0, 0.1) is 0 Å². The number of nitrogens with one attached hydrogen (secondary N) is 1. The van der Waals surface area contributed by atoms with E-state index in [1.807, 2.05) is 38.1 Å². The van der Waals surface area contributed by atoms with E-state index in [1.54, 1.807) is 7.11 Å². The summed E-state index contributed by atoms with van der Waals surface area (Å²) < 4.78 is 10.8. The predicted octanol–water partition coefficient (Wildman–Crippen LogP) is 2.00. The van der Waals surface area contributed by atoms with E-state index in [9.17, 15) is 0 Å². The lowest BCUT2D eigenvalue weighted by Gasteiger charge is -2.13. The van der Waals surface area contributed by atoms with Crippen molar-refractivity contribution >= 4 is 29.9 Å². The molecule has 0 saturated carbocycles. The summed E-state index contributed by atoms with van der Waals surface area (Å²) in [6.45, 7) is 5.19. The highest BCUT2D eigenvalue weighted by Gasteiger charge is 2.04. The van der Waals surface area contributed by atoms with Crippen molar-refractivity contribution in [3.05, 3.63) is 24.3 Å². The Labute approximate surface area is 131 Å². The number of methoxy groups -OCH3 is 1. The van der Waals surface area contributed by atoms with Crippen molar-refractivity contribution in [2.75, 3.05) is 20.2 Å². The number of hydrogen-bond donors (Lipinski definition) is 2. The maximum Gasteiger partial charge on any atom is 0.188 e. The highest BCUT2D eigenvalue weighted by atomic mass is 127. The van der Waals surface area contributed by atoms with Gasteiger partial charge in [-0.1, -0.05) is 6.07 Å². The fourth-order valence-corrected chi connectivity index (χ4v) is 1.41. The molecule has 1 rings (SSSR count). The Morgan fingerprint density at radius 3 is 2.74 bits per heavy atom. The minimum atomic E-state index is -0.0469. The average molecular weight is 379 g/mol. The van der Waals surface area contributed by atoms with Crippen LogP contribution in [-0.4, -0.2) is 32.3 Å². The summed E-state index contributed by atoms with van der Waals surface area (Å²) >= 11 is 0. The summed E-state index contributed by atoms with van der Waals surface area (Å²) in [5.74, 6) is 1.98. The van der Waals surface area contributed by atoms with Crippen LogP contribution in [-0.2, 0) is 0 Å². The molecule has 1 aromatic rings. The number of guanidine groups is 1. The highest BCUT2D eigenvalue weighted by Crippen LogP contribution is 2.19. The Balaban J connectivity index is 0.00000324. The van der Waals surface area contributed by atoms with Gasteiger partial charge in [0.05, 0.1) is 13.7 Å². The summed E-state index contributed by atoms with van der Waals surface area (Å²) in [6, 6.07) is 7.49. The van der Waals surface area contributed by atoms with E-state index in [1.165, 1.54) is 0 Å². The zero-order valence-electron chi connectivity index (χ0n) is 11.6. The van der Waals surface area contributed by atoms with Crippen molar-refractivity contribution in [2.45, 2.75) is 20.0 Å². The van der Waals surface area contributed by atoms with Crippen LogP contribution in [0.1, 0.15) is 13.8 Å². The predicted molar refractivity (Wildman–Crippen MR) is 88.7 cm³/mol. The highest BCUT2D eigenvalue weighted by molar-refractivity contribution is 14.0. The summed E-state index contributed by atoms with van der Waals surface area (Å²) in [5.41, 5.74) is 5.63. The van der Waals surface area contributed by atoms with Crippen molar-refractivity contribution < 1.29 is 9.47 Å². The van der Waals surface area contributed by atoms with Crippen molar-refractivity contribution in [1.29, 1.82) is 0 Å². The number of aliphatic imine (C=N–C) groups is 1. The van der Waals surface area contributed by atoms with Gasteiger partial charge in [-0.25, -0.2) is 4.99 Å². The molecule has 0 fully saturated rings. The molecule has 5 nitrogen and oxygen atoms in total. The summed E-state index contributed by atoms with van der Waals surface area (Å²) in [4.78, 5) is 4.18. The molecule has 0 saturated heterocycles. The second kappa shape index (κ2) is 9.71. The number of hydrogen-bond acceptors (Lipinski definition) is 3. The molecule has 19 heavy (non-hydrogen) atoms. The summed E-state index contributed by atoms with van der Waals surface area (Å²) in [5, 5.41) is 2.94. The first-order valence-electron chi connectivity index (χ1n) is 6.00. The van der Waals surface area contributed by atoms with E-state index in [0.717, 1.165) is 18.0 Å². The zero-order valence-corrected chi connectivity index (χ0v) is 13.9.